The fourth-order valence-corrected chi connectivity index (χ4v) is 4.67. The highest BCUT2D eigenvalue weighted by Crippen LogP contribution is 2.26. The third-order valence-corrected chi connectivity index (χ3v) is 6.49. The number of benzene rings is 2. The van der Waals surface area contributed by atoms with Gasteiger partial charge in [-0.2, -0.15) is 4.98 Å². The van der Waals surface area contributed by atoms with E-state index in [1.165, 1.54) is 56.9 Å². The van der Waals surface area contributed by atoms with Crippen LogP contribution >= 0.6 is 0 Å². The van der Waals surface area contributed by atoms with Gasteiger partial charge in [0.2, 0.25) is 5.95 Å². The molecule has 1 fully saturated rings. The van der Waals surface area contributed by atoms with Crippen LogP contribution in [0.25, 0.3) is 10.9 Å². The predicted molar refractivity (Wildman–Crippen MR) is 136 cm³/mol. The molecule has 0 radical (unpaired) electrons. The summed E-state index contributed by atoms with van der Waals surface area (Å²) in [4.78, 5) is 11.6. The number of aromatic nitrogens is 2. The summed E-state index contributed by atoms with van der Waals surface area (Å²) in [5.41, 5.74) is 2.45. The maximum Gasteiger partial charge on any atom is 0.225 e. The Labute approximate surface area is 192 Å². The monoisotopic (exact) mass is 431 g/mol. The molecule has 0 aliphatic heterocycles. The van der Waals surface area contributed by atoms with Crippen molar-refractivity contribution in [3.63, 3.8) is 0 Å². The molecule has 1 saturated carbocycles. The second-order valence-electron chi connectivity index (χ2n) is 9.23. The molecule has 1 heterocycles. The molecule has 1 aliphatic carbocycles. The van der Waals surface area contributed by atoms with Gasteiger partial charge in [0.15, 0.2) is 0 Å². The van der Waals surface area contributed by atoms with Gasteiger partial charge in [0.05, 0.1) is 5.52 Å². The summed E-state index contributed by atoms with van der Waals surface area (Å²) in [5, 5.41) is 8.50. The van der Waals surface area contributed by atoms with Crippen LogP contribution in [-0.4, -0.2) is 42.7 Å². The Morgan fingerprint density at radius 2 is 1.53 bits per heavy atom. The van der Waals surface area contributed by atoms with Crippen molar-refractivity contribution in [2.75, 3.05) is 30.9 Å². The van der Waals surface area contributed by atoms with Crippen LogP contribution in [0.15, 0.2) is 54.6 Å². The lowest BCUT2D eigenvalue weighted by Crippen LogP contribution is -2.37. The highest BCUT2D eigenvalue weighted by atomic mass is 15.2. The smallest absolute Gasteiger partial charge is 0.225 e. The minimum atomic E-state index is 0.454. The summed E-state index contributed by atoms with van der Waals surface area (Å²) in [6.45, 7) is 1.14. The van der Waals surface area contributed by atoms with Crippen LogP contribution in [0.1, 0.15) is 50.5 Å². The van der Waals surface area contributed by atoms with E-state index in [1.54, 1.807) is 0 Å². The largest absolute Gasteiger partial charge is 0.362 e. The second kappa shape index (κ2) is 11.3. The number of nitrogens with zero attached hydrogens (tertiary/aromatic N) is 3. The summed E-state index contributed by atoms with van der Waals surface area (Å²) in [6.07, 6.45) is 9.81. The number of unbranched alkanes of at least 4 members (excludes halogenated alkanes) is 2. The number of nitrogens with one attached hydrogen (secondary N) is 2. The number of aryl methyl sites for hydroxylation is 1. The fraction of sp³-hybridized carbons (Fsp3) is 0.481. The zero-order valence-electron chi connectivity index (χ0n) is 19.6. The highest BCUT2D eigenvalue weighted by molar-refractivity contribution is 5.90. The number of rotatable bonds is 10. The van der Waals surface area contributed by atoms with Gasteiger partial charge in [-0.25, -0.2) is 4.98 Å². The Balaban J connectivity index is 1.17. The maximum absolute atomic E-state index is 4.80. The Bertz CT molecular complexity index is 964. The van der Waals surface area contributed by atoms with Gasteiger partial charge < -0.3 is 15.5 Å². The summed E-state index contributed by atoms with van der Waals surface area (Å²) < 4.78 is 0. The van der Waals surface area contributed by atoms with Gasteiger partial charge in [-0.05, 0) is 69.2 Å². The average Bonchev–Trinajstić information content (AvgIpc) is 2.82. The molecule has 1 aliphatic rings. The lowest BCUT2D eigenvalue weighted by Gasteiger charge is -2.30. The van der Waals surface area contributed by atoms with Gasteiger partial charge in [0, 0.05) is 31.6 Å². The first kappa shape index (κ1) is 22.5. The van der Waals surface area contributed by atoms with E-state index in [2.05, 4.69) is 58.0 Å². The first-order chi connectivity index (χ1) is 15.7. The van der Waals surface area contributed by atoms with E-state index < -0.39 is 0 Å². The third kappa shape index (κ3) is 6.19. The lowest BCUT2D eigenvalue weighted by molar-refractivity contribution is 0.351. The Morgan fingerprint density at radius 1 is 0.812 bits per heavy atom. The summed E-state index contributed by atoms with van der Waals surface area (Å²) in [7, 11) is 4.08. The van der Waals surface area contributed by atoms with E-state index in [0.29, 0.717) is 12.1 Å². The minimum absolute atomic E-state index is 0.454. The molecule has 0 atom stereocenters. The van der Waals surface area contributed by atoms with Crippen LogP contribution in [0.3, 0.4) is 0 Å². The molecule has 0 saturated heterocycles. The van der Waals surface area contributed by atoms with Gasteiger partial charge in [-0.15, -0.1) is 0 Å². The summed E-state index contributed by atoms with van der Waals surface area (Å²) in [6, 6.07) is 20.2. The van der Waals surface area contributed by atoms with Crippen molar-refractivity contribution in [1.82, 2.24) is 15.3 Å². The molecule has 170 valence electrons. The number of para-hydroxylation sites is 1. The van der Waals surface area contributed by atoms with Gasteiger partial charge in [-0.3, -0.25) is 0 Å². The van der Waals surface area contributed by atoms with Crippen LogP contribution in [0.5, 0.6) is 0 Å². The third-order valence-electron chi connectivity index (χ3n) is 6.49. The fourth-order valence-electron chi connectivity index (χ4n) is 4.67. The number of hydrogen-bond acceptors (Lipinski definition) is 5. The van der Waals surface area contributed by atoms with E-state index in [1.807, 2.05) is 26.2 Å². The van der Waals surface area contributed by atoms with Crippen molar-refractivity contribution < 1.29 is 0 Å². The van der Waals surface area contributed by atoms with E-state index in [4.69, 9.17) is 9.97 Å². The zero-order chi connectivity index (χ0) is 22.2. The molecule has 4 rings (SSSR count). The SMILES string of the molecule is CN(C)c1nc(NC2CCC(NCCCCCc3ccccc3)CC2)nc2ccccc12. The van der Waals surface area contributed by atoms with E-state index in [-0.39, 0.29) is 0 Å². The van der Waals surface area contributed by atoms with Crippen LogP contribution < -0.4 is 15.5 Å². The van der Waals surface area contributed by atoms with Gasteiger partial charge >= 0.3 is 0 Å². The van der Waals surface area contributed by atoms with Gasteiger partial charge in [0.25, 0.3) is 0 Å². The topological polar surface area (TPSA) is 53.1 Å². The maximum atomic E-state index is 4.80. The first-order valence-electron chi connectivity index (χ1n) is 12.2. The minimum Gasteiger partial charge on any atom is -0.362 e. The summed E-state index contributed by atoms with van der Waals surface area (Å²) >= 11 is 0. The molecule has 1 aromatic heterocycles. The standard InChI is InChI=1S/C27H37N5/c1-32(2)26-24-14-8-9-15-25(24)30-27(31-26)29-23-18-16-22(17-19-23)28-20-10-4-7-13-21-11-5-3-6-12-21/h3,5-6,8-9,11-12,14-15,22-23,28H,4,7,10,13,16-20H2,1-2H3,(H,29,30,31). The summed E-state index contributed by atoms with van der Waals surface area (Å²) in [5.74, 6) is 1.72. The molecule has 2 aromatic carbocycles. The molecule has 5 heteroatoms. The molecular formula is C27H37N5. The molecular weight excluding hydrogens is 394 g/mol. The zero-order valence-corrected chi connectivity index (χ0v) is 19.6. The lowest BCUT2D eigenvalue weighted by atomic mass is 9.91. The van der Waals surface area contributed by atoms with E-state index >= 15 is 0 Å². The molecule has 0 spiro atoms. The van der Waals surface area contributed by atoms with Crippen molar-refractivity contribution in [1.29, 1.82) is 0 Å². The number of hydrogen-bond donors (Lipinski definition) is 2. The molecule has 3 aromatic rings. The molecule has 0 amide bonds. The van der Waals surface area contributed by atoms with Crippen LogP contribution in [-0.2, 0) is 6.42 Å². The Morgan fingerprint density at radius 3 is 2.31 bits per heavy atom. The van der Waals surface area contributed by atoms with Gasteiger partial charge in [-0.1, -0.05) is 48.9 Å². The Hall–Kier alpha value is -2.66. The number of anilines is 2. The van der Waals surface area contributed by atoms with Crippen molar-refractivity contribution in [2.45, 2.75) is 63.5 Å². The molecule has 32 heavy (non-hydrogen) atoms. The van der Waals surface area contributed by atoms with E-state index in [0.717, 1.165) is 29.2 Å². The Kier molecular flexibility index (Phi) is 7.94. The van der Waals surface area contributed by atoms with Crippen LogP contribution in [0, 0.1) is 0 Å². The van der Waals surface area contributed by atoms with Gasteiger partial charge in [0.1, 0.15) is 5.82 Å². The van der Waals surface area contributed by atoms with Crippen LogP contribution in [0.2, 0.25) is 0 Å². The quantitative estimate of drug-likeness (QED) is 0.420. The molecule has 2 N–H and O–H groups in total. The van der Waals surface area contributed by atoms with Crippen molar-refractivity contribution >= 4 is 22.7 Å². The first-order valence-corrected chi connectivity index (χ1v) is 12.2. The van der Waals surface area contributed by atoms with Crippen molar-refractivity contribution in [3.8, 4) is 0 Å². The highest BCUT2D eigenvalue weighted by Gasteiger charge is 2.21. The van der Waals surface area contributed by atoms with E-state index in [9.17, 15) is 0 Å². The van der Waals surface area contributed by atoms with Crippen molar-refractivity contribution in [2.24, 2.45) is 0 Å². The predicted octanol–water partition coefficient (Wildman–Crippen LogP) is 5.42. The molecule has 5 nitrogen and oxygen atoms in total. The second-order valence-corrected chi connectivity index (χ2v) is 9.23. The average molecular weight is 432 g/mol. The molecule has 0 unspecified atom stereocenters. The normalized spacial score (nSPS) is 18.6. The van der Waals surface area contributed by atoms with Crippen LogP contribution in [0.4, 0.5) is 11.8 Å². The molecule has 0 bridgehead atoms. The van der Waals surface area contributed by atoms with Crippen molar-refractivity contribution in [3.05, 3.63) is 60.2 Å². The number of fused-ring (bicyclic) bond motifs is 1.